The van der Waals surface area contributed by atoms with Gasteiger partial charge in [0.25, 0.3) is 0 Å². The topological polar surface area (TPSA) is 50.2 Å². The van der Waals surface area contributed by atoms with Crippen LogP contribution >= 0.6 is 0 Å². The highest BCUT2D eigenvalue weighted by Gasteiger charge is 2.22. The van der Waals surface area contributed by atoms with Crippen LogP contribution in [0.25, 0.3) is 0 Å². The average Bonchev–Trinajstić information content (AvgIpc) is 2.68. The van der Waals surface area contributed by atoms with Crippen LogP contribution in [0.5, 0.6) is 0 Å². The van der Waals surface area contributed by atoms with Gasteiger partial charge >= 0.3 is 0 Å². The van der Waals surface area contributed by atoms with Crippen molar-refractivity contribution in [2.24, 2.45) is 7.05 Å². The third kappa shape index (κ3) is 3.56. The number of carbonyl (C=O) groups excluding carboxylic acids is 1. The number of rotatable bonds is 4. The fraction of sp³-hybridized carbons (Fsp3) is 0.714. The molecule has 106 valence electrons. The van der Waals surface area contributed by atoms with Gasteiger partial charge in [0, 0.05) is 19.2 Å². The summed E-state index contributed by atoms with van der Waals surface area (Å²) in [4.78, 5) is 14.4. The molecule has 1 saturated heterocycles. The second kappa shape index (κ2) is 6.19. The van der Waals surface area contributed by atoms with Crippen LogP contribution in [0.15, 0.2) is 6.07 Å². The number of likely N-dealkylation sites (tertiary alicyclic amines) is 1. The van der Waals surface area contributed by atoms with Gasteiger partial charge in [-0.25, -0.2) is 0 Å². The van der Waals surface area contributed by atoms with Crippen LogP contribution in [0.2, 0.25) is 0 Å². The molecule has 1 atom stereocenters. The van der Waals surface area contributed by atoms with Gasteiger partial charge in [0.15, 0.2) is 0 Å². The molecule has 19 heavy (non-hydrogen) atoms. The minimum absolute atomic E-state index is 0.0587. The Hall–Kier alpha value is -1.36. The maximum atomic E-state index is 12.1. The Labute approximate surface area is 115 Å². The van der Waals surface area contributed by atoms with Crippen molar-refractivity contribution < 1.29 is 4.79 Å². The molecule has 0 bridgehead atoms. The monoisotopic (exact) mass is 264 g/mol. The van der Waals surface area contributed by atoms with E-state index in [1.54, 1.807) is 4.68 Å². The van der Waals surface area contributed by atoms with E-state index in [2.05, 4.69) is 22.2 Å². The van der Waals surface area contributed by atoms with Crippen LogP contribution in [0.4, 0.5) is 5.82 Å². The lowest BCUT2D eigenvalue weighted by Gasteiger charge is -2.34. The third-order valence-corrected chi connectivity index (χ3v) is 3.84. The molecule has 0 unspecified atom stereocenters. The summed E-state index contributed by atoms with van der Waals surface area (Å²) in [5.74, 6) is 0.830. The van der Waals surface area contributed by atoms with Gasteiger partial charge in [-0.05, 0) is 32.7 Å². The molecule has 2 heterocycles. The molecular weight excluding hydrogens is 240 g/mol. The van der Waals surface area contributed by atoms with Crippen molar-refractivity contribution in [1.29, 1.82) is 0 Å². The third-order valence-electron chi connectivity index (χ3n) is 3.84. The predicted octanol–water partition coefficient (Wildman–Crippen LogP) is 1.93. The number of carbonyl (C=O) groups is 1. The summed E-state index contributed by atoms with van der Waals surface area (Å²) in [7, 11) is 1.85. The number of aromatic nitrogens is 2. The highest BCUT2D eigenvalue weighted by Crippen LogP contribution is 2.19. The molecule has 1 amide bonds. The smallest absolute Gasteiger partial charge is 0.239 e. The highest BCUT2D eigenvalue weighted by molar-refractivity contribution is 5.91. The molecule has 1 aromatic heterocycles. The van der Waals surface area contributed by atoms with Crippen LogP contribution in [0, 0.1) is 6.92 Å². The van der Waals surface area contributed by atoms with E-state index in [1.807, 2.05) is 20.0 Å². The zero-order valence-corrected chi connectivity index (χ0v) is 12.1. The molecule has 1 N–H and O–H groups in total. The minimum atomic E-state index is 0.0587. The first-order valence-corrected chi connectivity index (χ1v) is 7.14. The van der Waals surface area contributed by atoms with Crippen molar-refractivity contribution >= 4 is 11.7 Å². The first-order chi connectivity index (χ1) is 9.10. The van der Waals surface area contributed by atoms with E-state index in [4.69, 9.17) is 0 Å². The summed E-state index contributed by atoms with van der Waals surface area (Å²) in [6.07, 6.45) is 4.83. The van der Waals surface area contributed by atoms with E-state index in [0.717, 1.165) is 24.5 Å². The number of hydrogen-bond donors (Lipinski definition) is 1. The van der Waals surface area contributed by atoms with Gasteiger partial charge in [-0.1, -0.05) is 13.3 Å². The second-order valence-electron chi connectivity index (χ2n) is 5.37. The van der Waals surface area contributed by atoms with Crippen molar-refractivity contribution in [3.8, 4) is 0 Å². The fourth-order valence-electron chi connectivity index (χ4n) is 2.82. The van der Waals surface area contributed by atoms with E-state index in [0.29, 0.717) is 12.6 Å². The highest BCUT2D eigenvalue weighted by atomic mass is 16.2. The van der Waals surface area contributed by atoms with Gasteiger partial charge in [0.05, 0.1) is 12.2 Å². The van der Waals surface area contributed by atoms with E-state index < -0.39 is 0 Å². The van der Waals surface area contributed by atoms with Gasteiger partial charge in [0.2, 0.25) is 5.91 Å². The number of hydrogen-bond acceptors (Lipinski definition) is 3. The molecule has 0 radical (unpaired) electrons. The summed E-state index contributed by atoms with van der Waals surface area (Å²) in [6, 6.07) is 2.46. The van der Waals surface area contributed by atoms with Gasteiger partial charge in [-0.15, -0.1) is 0 Å². The fourth-order valence-corrected chi connectivity index (χ4v) is 2.82. The molecule has 1 fully saturated rings. The molecule has 1 aromatic rings. The van der Waals surface area contributed by atoms with Crippen molar-refractivity contribution in [3.63, 3.8) is 0 Å². The Morgan fingerprint density at radius 2 is 2.32 bits per heavy atom. The number of aryl methyl sites for hydroxylation is 2. The molecule has 5 heteroatoms. The van der Waals surface area contributed by atoms with Crippen molar-refractivity contribution in [2.45, 2.75) is 45.6 Å². The van der Waals surface area contributed by atoms with Gasteiger partial charge in [0.1, 0.15) is 5.82 Å². The number of anilines is 1. The lowest BCUT2D eigenvalue weighted by Crippen LogP contribution is -2.43. The summed E-state index contributed by atoms with van der Waals surface area (Å²) in [5.41, 5.74) is 0.919. The summed E-state index contributed by atoms with van der Waals surface area (Å²) < 4.78 is 1.71. The largest absolute Gasteiger partial charge is 0.310 e. The van der Waals surface area contributed by atoms with Crippen LogP contribution in [0.3, 0.4) is 0 Å². The van der Waals surface area contributed by atoms with Crippen molar-refractivity contribution in [1.82, 2.24) is 14.7 Å². The summed E-state index contributed by atoms with van der Waals surface area (Å²) in [6.45, 7) is 5.65. The molecule has 0 aliphatic carbocycles. The molecule has 0 aromatic carbocycles. The van der Waals surface area contributed by atoms with Gasteiger partial charge in [-0.3, -0.25) is 14.4 Å². The van der Waals surface area contributed by atoms with Crippen molar-refractivity contribution in [2.75, 3.05) is 18.4 Å². The van der Waals surface area contributed by atoms with E-state index in [1.165, 1.54) is 19.3 Å². The number of piperidine rings is 1. The lowest BCUT2D eigenvalue weighted by atomic mass is 10.0. The van der Waals surface area contributed by atoms with Crippen LogP contribution < -0.4 is 5.32 Å². The predicted molar refractivity (Wildman–Crippen MR) is 76.1 cm³/mol. The van der Waals surface area contributed by atoms with Crippen LogP contribution in [0.1, 0.15) is 38.3 Å². The van der Waals surface area contributed by atoms with Crippen LogP contribution in [-0.2, 0) is 11.8 Å². The van der Waals surface area contributed by atoms with Gasteiger partial charge < -0.3 is 5.32 Å². The Morgan fingerprint density at radius 1 is 1.53 bits per heavy atom. The van der Waals surface area contributed by atoms with Gasteiger partial charge in [-0.2, -0.15) is 5.10 Å². The molecular formula is C14H24N4O. The minimum Gasteiger partial charge on any atom is -0.310 e. The maximum Gasteiger partial charge on any atom is 0.239 e. The Morgan fingerprint density at radius 3 is 2.95 bits per heavy atom. The average molecular weight is 264 g/mol. The normalized spacial score (nSPS) is 20.5. The maximum absolute atomic E-state index is 12.1. The van der Waals surface area contributed by atoms with Crippen molar-refractivity contribution in [3.05, 3.63) is 11.8 Å². The van der Waals surface area contributed by atoms with Crippen LogP contribution in [-0.4, -0.2) is 39.7 Å². The number of amides is 1. The first kappa shape index (κ1) is 14.1. The Balaban J connectivity index is 1.91. The Kier molecular flexibility index (Phi) is 4.58. The molecule has 0 saturated carbocycles. The Bertz CT molecular complexity index is 441. The van der Waals surface area contributed by atoms with E-state index in [-0.39, 0.29) is 5.91 Å². The lowest BCUT2D eigenvalue weighted by molar-refractivity contribution is -0.118. The first-order valence-electron chi connectivity index (χ1n) is 7.14. The SMILES string of the molecule is CC[C@H]1CCCCN1CC(=O)Nc1cc(C)nn1C. The number of nitrogens with one attached hydrogen (secondary N) is 1. The molecule has 1 aliphatic heterocycles. The molecule has 2 rings (SSSR count). The van der Waals surface area contributed by atoms with E-state index >= 15 is 0 Å². The zero-order chi connectivity index (χ0) is 13.8. The zero-order valence-electron chi connectivity index (χ0n) is 12.1. The summed E-state index contributed by atoms with van der Waals surface area (Å²) in [5, 5.41) is 7.17. The van der Waals surface area contributed by atoms with E-state index in [9.17, 15) is 4.79 Å². The quantitative estimate of drug-likeness (QED) is 0.904. The second-order valence-corrected chi connectivity index (χ2v) is 5.37. The molecule has 1 aliphatic rings. The summed E-state index contributed by atoms with van der Waals surface area (Å²) >= 11 is 0. The molecule has 0 spiro atoms. The molecule has 5 nitrogen and oxygen atoms in total. The standard InChI is InChI=1S/C14H24N4O/c1-4-12-7-5-6-8-18(12)10-14(19)15-13-9-11(2)16-17(13)3/h9,12H,4-8,10H2,1-3H3,(H,15,19)/t12-/m0/s1. The number of nitrogens with zero attached hydrogens (tertiary/aromatic N) is 3.